The lowest BCUT2D eigenvalue weighted by molar-refractivity contribution is -0.286. The molecule has 11 heteroatoms. The smallest absolute Gasteiger partial charge is 0.395 e. The third-order valence-electron chi connectivity index (χ3n) is 3.85. The number of thioether (sulfide) groups is 1. The van der Waals surface area contributed by atoms with Gasteiger partial charge in [0.25, 0.3) is 0 Å². The summed E-state index contributed by atoms with van der Waals surface area (Å²) in [6, 6.07) is 8.08. The quantitative estimate of drug-likeness (QED) is 0.610. The van der Waals surface area contributed by atoms with E-state index in [2.05, 4.69) is 25.0 Å². The van der Waals surface area contributed by atoms with Crippen molar-refractivity contribution < 1.29 is 23.0 Å². The molecule has 7 nitrogen and oxygen atoms in total. The van der Waals surface area contributed by atoms with Crippen molar-refractivity contribution in [3.63, 3.8) is 0 Å². The normalized spacial score (nSPS) is 14.2. The predicted octanol–water partition coefficient (Wildman–Crippen LogP) is 3.52. The van der Waals surface area contributed by atoms with Gasteiger partial charge in [-0.2, -0.15) is 0 Å². The monoisotopic (exact) mass is 424 g/mol. The number of alkyl halides is 2. The second-order valence-electron chi connectivity index (χ2n) is 5.88. The molecule has 28 heavy (non-hydrogen) atoms. The van der Waals surface area contributed by atoms with E-state index in [0.29, 0.717) is 17.3 Å². The van der Waals surface area contributed by atoms with E-state index in [1.165, 1.54) is 34.8 Å². The van der Waals surface area contributed by atoms with E-state index in [4.69, 9.17) is 0 Å². The number of thiophene rings is 1. The molecule has 0 aliphatic carbocycles. The Morgan fingerprint density at radius 1 is 1.29 bits per heavy atom. The standard InChI is InChI=1S/C17H14F2N4O3S2/c1-23-14(8-11-3-2-6-27-11)21-22-16(23)28-9-15(24)20-10-4-5-12-13(7-10)26-17(18,19)25-12/h2-7H,8-9H2,1H3,(H,20,24). The number of anilines is 1. The Morgan fingerprint density at radius 2 is 2.11 bits per heavy atom. The lowest BCUT2D eigenvalue weighted by atomic mass is 10.3. The molecule has 0 saturated carbocycles. The molecule has 0 atom stereocenters. The molecule has 1 aliphatic heterocycles. The zero-order valence-electron chi connectivity index (χ0n) is 14.5. The Hall–Kier alpha value is -2.66. The molecular weight excluding hydrogens is 410 g/mol. The predicted molar refractivity (Wildman–Crippen MR) is 100 cm³/mol. The summed E-state index contributed by atoms with van der Waals surface area (Å²) in [5, 5.41) is 13.5. The summed E-state index contributed by atoms with van der Waals surface area (Å²) in [4.78, 5) is 13.4. The van der Waals surface area contributed by atoms with Crippen LogP contribution in [0, 0.1) is 0 Å². The van der Waals surface area contributed by atoms with Crippen LogP contribution in [0.4, 0.5) is 14.5 Å². The Labute approximate surface area is 166 Å². The van der Waals surface area contributed by atoms with Gasteiger partial charge in [0.15, 0.2) is 16.7 Å². The number of fused-ring (bicyclic) bond motifs is 1. The van der Waals surface area contributed by atoms with Gasteiger partial charge in [-0.05, 0) is 23.6 Å². The first-order chi connectivity index (χ1) is 13.4. The molecule has 1 amide bonds. The van der Waals surface area contributed by atoms with Gasteiger partial charge in [0.2, 0.25) is 5.91 Å². The second-order valence-corrected chi connectivity index (χ2v) is 7.85. The number of amides is 1. The fourth-order valence-electron chi connectivity index (χ4n) is 2.55. The number of ether oxygens (including phenoxy) is 2. The Morgan fingerprint density at radius 3 is 2.89 bits per heavy atom. The number of nitrogens with one attached hydrogen (secondary N) is 1. The number of benzene rings is 1. The van der Waals surface area contributed by atoms with Crippen molar-refractivity contribution in [1.29, 1.82) is 0 Å². The third kappa shape index (κ3) is 4.09. The number of aromatic nitrogens is 3. The van der Waals surface area contributed by atoms with Gasteiger partial charge in [-0.1, -0.05) is 17.8 Å². The largest absolute Gasteiger partial charge is 0.586 e. The average molecular weight is 424 g/mol. The molecule has 0 unspecified atom stereocenters. The van der Waals surface area contributed by atoms with Crippen LogP contribution in [0.2, 0.25) is 0 Å². The van der Waals surface area contributed by atoms with E-state index in [9.17, 15) is 13.6 Å². The van der Waals surface area contributed by atoms with Crippen molar-refractivity contribution in [2.45, 2.75) is 17.9 Å². The van der Waals surface area contributed by atoms with Crippen molar-refractivity contribution in [3.05, 3.63) is 46.4 Å². The third-order valence-corrected chi connectivity index (χ3v) is 5.75. The van der Waals surface area contributed by atoms with Crippen LogP contribution in [0.3, 0.4) is 0 Å². The molecule has 4 rings (SSSR count). The molecule has 1 aliphatic rings. The van der Waals surface area contributed by atoms with E-state index in [1.54, 1.807) is 11.3 Å². The summed E-state index contributed by atoms with van der Waals surface area (Å²) in [7, 11) is 1.85. The van der Waals surface area contributed by atoms with Gasteiger partial charge in [-0.3, -0.25) is 4.79 Å². The van der Waals surface area contributed by atoms with Gasteiger partial charge >= 0.3 is 6.29 Å². The average Bonchev–Trinajstić information content (AvgIpc) is 3.33. The van der Waals surface area contributed by atoms with Crippen LogP contribution >= 0.6 is 23.1 Å². The van der Waals surface area contributed by atoms with Crippen LogP contribution < -0.4 is 14.8 Å². The van der Waals surface area contributed by atoms with Gasteiger partial charge in [0.05, 0.1) is 5.75 Å². The summed E-state index contributed by atoms with van der Waals surface area (Å²) in [6.45, 7) is 0. The maximum Gasteiger partial charge on any atom is 0.586 e. The lowest BCUT2D eigenvalue weighted by Gasteiger charge is -2.06. The molecule has 0 saturated heterocycles. The van der Waals surface area contributed by atoms with Gasteiger partial charge < -0.3 is 19.4 Å². The van der Waals surface area contributed by atoms with Crippen LogP contribution in [-0.2, 0) is 18.3 Å². The van der Waals surface area contributed by atoms with Crippen LogP contribution in [0.15, 0.2) is 40.9 Å². The molecule has 3 heterocycles. The van der Waals surface area contributed by atoms with Crippen molar-refractivity contribution in [2.75, 3.05) is 11.1 Å². The van der Waals surface area contributed by atoms with Crippen LogP contribution in [0.25, 0.3) is 0 Å². The van der Waals surface area contributed by atoms with Crippen molar-refractivity contribution >= 4 is 34.7 Å². The molecule has 0 fully saturated rings. The highest BCUT2D eigenvalue weighted by atomic mass is 32.2. The van der Waals surface area contributed by atoms with E-state index in [1.807, 2.05) is 29.1 Å². The zero-order valence-corrected chi connectivity index (χ0v) is 16.2. The highest BCUT2D eigenvalue weighted by Gasteiger charge is 2.43. The molecule has 1 N–H and O–H groups in total. The Bertz CT molecular complexity index is 1010. The minimum Gasteiger partial charge on any atom is -0.395 e. The molecule has 1 aromatic carbocycles. The first-order valence-electron chi connectivity index (χ1n) is 8.13. The van der Waals surface area contributed by atoms with E-state index < -0.39 is 6.29 Å². The Balaban J connectivity index is 1.34. The van der Waals surface area contributed by atoms with Crippen molar-refractivity contribution in [1.82, 2.24) is 14.8 Å². The minimum absolute atomic E-state index is 0.0743. The zero-order chi connectivity index (χ0) is 19.7. The van der Waals surface area contributed by atoms with E-state index in [0.717, 1.165) is 5.82 Å². The Kier molecular flexibility index (Phi) is 4.94. The maximum atomic E-state index is 13.0. The van der Waals surface area contributed by atoms with Gasteiger partial charge in [-0.25, -0.2) is 0 Å². The number of carbonyl (C=O) groups is 1. The summed E-state index contributed by atoms with van der Waals surface area (Å²) in [5.74, 6) is 0.396. The minimum atomic E-state index is -3.69. The molecule has 0 radical (unpaired) electrons. The van der Waals surface area contributed by atoms with Crippen LogP contribution in [0.1, 0.15) is 10.7 Å². The van der Waals surface area contributed by atoms with E-state index >= 15 is 0 Å². The highest BCUT2D eigenvalue weighted by molar-refractivity contribution is 7.99. The van der Waals surface area contributed by atoms with E-state index in [-0.39, 0.29) is 23.2 Å². The SMILES string of the molecule is Cn1c(Cc2cccs2)nnc1SCC(=O)Nc1ccc2c(c1)OC(F)(F)O2. The fraction of sp³-hybridized carbons (Fsp3) is 0.235. The summed E-state index contributed by atoms with van der Waals surface area (Å²) < 4.78 is 36.6. The first kappa shape index (κ1) is 18.7. The summed E-state index contributed by atoms with van der Waals surface area (Å²) in [5.41, 5.74) is 0.335. The summed E-state index contributed by atoms with van der Waals surface area (Å²) in [6.07, 6.45) is -3.01. The lowest BCUT2D eigenvalue weighted by Crippen LogP contribution is -2.25. The topological polar surface area (TPSA) is 78.3 Å². The van der Waals surface area contributed by atoms with Crippen molar-refractivity contribution in [3.8, 4) is 11.5 Å². The van der Waals surface area contributed by atoms with Gasteiger partial charge in [0.1, 0.15) is 5.82 Å². The van der Waals surface area contributed by atoms with Gasteiger partial charge in [0, 0.05) is 30.1 Å². The van der Waals surface area contributed by atoms with Crippen LogP contribution in [-0.4, -0.2) is 32.7 Å². The number of halogens is 2. The number of nitrogens with zero attached hydrogens (tertiary/aromatic N) is 3. The van der Waals surface area contributed by atoms with Crippen LogP contribution in [0.5, 0.6) is 11.5 Å². The van der Waals surface area contributed by atoms with Gasteiger partial charge in [-0.15, -0.1) is 30.3 Å². The number of carbonyl (C=O) groups excluding carboxylic acids is 1. The van der Waals surface area contributed by atoms with Crippen molar-refractivity contribution in [2.24, 2.45) is 7.05 Å². The molecule has 2 aromatic heterocycles. The molecule has 3 aromatic rings. The highest BCUT2D eigenvalue weighted by Crippen LogP contribution is 2.42. The molecule has 0 spiro atoms. The number of rotatable bonds is 6. The second kappa shape index (κ2) is 7.40. The molecule has 0 bridgehead atoms. The maximum absolute atomic E-state index is 13.0. The summed E-state index contributed by atoms with van der Waals surface area (Å²) >= 11 is 2.88. The fourth-order valence-corrected chi connectivity index (χ4v) is 3.98. The molecular formula is C17H14F2N4O3S2. The number of hydrogen-bond donors (Lipinski definition) is 1. The first-order valence-corrected chi connectivity index (χ1v) is 9.99. The number of hydrogen-bond acceptors (Lipinski definition) is 7. The molecule has 146 valence electrons.